The number of para-hydroxylation sites is 1. The minimum absolute atomic E-state index is 0.0114. The van der Waals surface area contributed by atoms with Crippen molar-refractivity contribution in [3.63, 3.8) is 0 Å². The van der Waals surface area contributed by atoms with Crippen molar-refractivity contribution < 1.29 is 27.2 Å². The number of rotatable bonds is 8. The van der Waals surface area contributed by atoms with Crippen LogP contribution in [-0.4, -0.2) is 36.3 Å². The quantitative estimate of drug-likeness (QED) is 0.224. The first-order chi connectivity index (χ1) is 20.0. The normalized spacial score (nSPS) is 15.9. The van der Waals surface area contributed by atoms with Gasteiger partial charge in [-0.25, -0.2) is 4.68 Å². The summed E-state index contributed by atoms with van der Waals surface area (Å²) in [7, 11) is -2.58. The number of anilines is 2. The van der Waals surface area contributed by atoms with Gasteiger partial charge in [0.05, 0.1) is 17.0 Å². The number of nitrogens with one attached hydrogen (secondary N) is 1. The number of carbonyl (C=O) groups is 2. The number of amides is 2. The Labute approximate surface area is 255 Å². The Morgan fingerprint density at radius 2 is 1.76 bits per heavy atom. The molecule has 1 aliphatic rings. The molecule has 216 valence electrons. The number of sulfonamides is 1. The number of halogens is 1. The molecule has 1 N–H and O–H groups in total. The van der Waals surface area contributed by atoms with E-state index in [9.17, 15) is 18.0 Å². The molecule has 14 heteroatoms. The molecule has 0 saturated carbocycles. The number of hydrogen-bond donors (Lipinski definition) is 1. The van der Waals surface area contributed by atoms with Crippen molar-refractivity contribution >= 4 is 66.5 Å². The highest BCUT2D eigenvalue weighted by Gasteiger charge is 2.45. The van der Waals surface area contributed by atoms with Crippen LogP contribution in [0.25, 0.3) is 0 Å². The van der Waals surface area contributed by atoms with Crippen molar-refractivity contribution in [1.29, 1.82) is 0 Å². The molecule has 0 spiro atoms. The third-order valence-electron chi connectivity index (χ3n) is 6.57. The molecule has 1 saturated heterocycles. The molecule has 0 bridgehead atoms. The predicted octanol–water partition coefficient (Wildman–Crippen LogP) is 2.95. The Hall–Kier alpha value is -4.14. The van der Waals surface area contributed by atoms with Crippen LogP contribution in [0.15, 0.2) is 97.2 Å². The minimum Gasteiger partial charge on any atom is -0.486 e. The van der Waals surface area contributed by atoms with Crippen molar-refractivity contribution in [2.45, 2.75) is 30.8 Å². The molecule has 11 nitrogen and oxygen atoms in total. The average Bonchev–Trinajstić information content (AvgIpc) is 3.41. The van der Waals surface area contributed by atoms with E-state index in [4.69, 9.17) is 16.7 Å². The lowest BCUT2D eigenvalue weighted by molar-refractivity contribution is -0.752. The fourth-order valence-corrected chi connectivity index (χ4v) is 5.96. The van der Waals surface area contributed by atoms with Crippen LogP contribution in [-0.2, 0) is 33.2 Å². The molecule has 2 heterocycles. The Balaban J connectivity index is 1.49. The summed E-state index contributed by atoms with van der Waals surface area (Å²) in [5.74, 6) is -0.804. The Bertz CT molecular complexity index is 1820. The van der Waals surface area contributed by atoms with Gasteiger partial charge in [0.1, 0.15) is 19.6 Å². The van der Waals surface area contributed by atoms with Gasteiger partial charge in [-0.15, -0.1) is 4.40 Å². The standard InChI is InChI=1S/C28H25BrN6O5S2/c1-18-8-14-22(15-9-18)42(38,39)31-26-24(33(2)32-40-26)17-34-23(16-25(36)30-20-12-10-19(29)11-13-20)27(37)35(28(34)41)21-6-4-3-5-7-21/h3-15,23H,16-17H2,1-2H3,(H,30,36)/b31-26-. The van der Waals surface area contributed by atoms with E-state index in [1.807, 2.05) is 13.0 Å². The topological polar surface area (TPSA) is 130 Å². The van der Waals surface area contributed by atoms with Crippen LogP contribution in [0.2, 0.25) is 0 Å². The van der Waals surface area contributed by atoms with Crippen LogP contribution in [0.4, 0.5) is 11.4 Å². The van der Waals surface area contributed by atoms with E-state index >= 15 is 0 Å². The lowest BCUT2D eigenvalue weighted by Gasteiger charge is -2.22. The maximum atomic E-state index is 13.7. The number of benzene rings is 3. The van der Waals surface area contributed by atoms with Gasteiger partial charge in [-0.3, -0.25) is 19.8 Å². The zero-order valence-electron chi connectivity index (χ0n) is 22.5. The lowest BCUT2D eigenvalue weighted by Crippen LogP contribution is -2.45. The van der Waals surface area contributed by atoms with Gasteiger partial charge in [0.25, 0.3) is 27.2 Å². The Kier molecular flexibility index (Phi) is 8.38. The minimum atomic E-state index is -4.14. The van der Waals surface area contributed by atoms with Gasteiger partial charge in [0, 0.05) is 10.2 Å². The van der Waals surface area contributed by atoms with Crippen LogP contribution >= 0.6 is 28.1 Å². The van der Waals surface area contributed by atoms with Crippen LogP contribution in [0.1, 0.15) is 17.7 Å². The number of carbonyl (C=O) groups excluding carboxylic acids is 2. The summed E-state index contributed by atoms with van der Waals surface area (Å²) in [6, 6.07) is 21.1. The molecule has 1 unspecified atom stereocenters. The van der Waals surface area contributed by atoms with Gasteiger partial charge in [-0.05, 0) is 67.7 Å². The average molecular weight is 670 g/mol. The van der Waals surface area contributed by atoms with Gasteiger partial charge in [0.2, 0.25) is 5.91 Å². The molecular weight excluding hydrogens is 644 g/mol. The molecule has 0 radical (unpaired) electrons. The first-order valence-electron chi connectivity index (χ1n) is 12.7. The second-order valence-electron chi connectivity index (χ2n) is 9.52. The second kappa shape index (κ2) is 12.0. The fourth-order valence-electron chi connectivity index (χ4n) is 4.36. The van der Waals surface area contributed by atoms with Crippen molar-refractivity contribution in [3.05, 3.63) is 100 Å². The predicted molar refractivity (Wildman–Crippen MR) is 160 cm³/mol. The number of thiocarbonyl (C=S) groups is 1. The number of aromatic nitrogens is 2. The van der Waals surface area contributed by atoms with Gasteiger partial charge < -0.3 is 14.7 Å². The summed E-state index contributed by atoms with van der Waals surface area (Å²) in [5.41, 5.74) is 1.98. The molecule has 1 fully saturated rings. The van der Waals surface area contributed by atoms with Crippen molar-refractivity contribution in [2.75, 3.05) is 10.2 Å². The van der Waals surface area contributed by atoms with E-state index in [0.717, 1.165) is 10.0 Å². The highest BCUT2D eigenvalue weighted by molar-refractivity contribution is 9.10. The monoisotopic (exact) mass is 668 g/mol. The number of nitrogens with zero attached hydrogens (tertiary/aromatic N) is 5. The maximum absolute atomic E-state index is 13.7. The van der Waals surface area contributed by atoms with E-state index in [1.54, 1.807) is 72.6 Å². The summed E-state index contributed by atoms with van der Waals surface area (Å²) in [5, 5.41) is 6.80. The van der Waals surface area contributed by atoms with Gasteiger partial charge >= 0.3 is 0 Å². The smallest absolute Gasteiger partial charge is 0.289 e. The molecule has 1 atom stereocenters. The fraction of sp³-hybridized carbons (Fsp3) is 0.179. The molecule has 1 aliphatic heterocycles. The van der Waals surface area contributed by atoms with E-state index < -0.39 is 27.9 Å². The largest absolute Gasteiger partial charge is 0.486 e. The molecule has 4 aromatic rings. The first-order valence-corrected chi connectivity index (χ1v) is 15.3. The molecule has 1 aromatic heterocycles. The van der Waals surface area contributed by atoms with Crippen LogP contribution in [0.3, 0.4) is 0 Å². The van der Waals surface area contributed by atoms with Crippen LogP contribution in [0.5, 0.6) is 0 Å². The molecule has 5 rings (SSSR count). The summed E-state index contributed by atoms with van der Waals surface area (Å²) in [6.07, 6.45) is -0.221. The van der Waals surface area contributed by atoms with Crippen molar-refractivity contribution in [1.82, 2.24) is 10.2 Å². The van der Waals surface area contributed by atoms with Crippen molar-refractivity contribution in [3.8, 4) is 0 Å². The molecular formula is C28H25BrN6O5S2. The van der Waals surface area contributed by atoms with E-state index in [0.29, 0.717) is 11.4 Å². The third kappa shape index (κ3) is 6.20. The van der Waals surface area contributed by atoms with E-state index in [1.165, 1.54) is 21.7 Å². The molecule has 42 heavy (non-hydrogen) atoms. The molecule has 2 amide bonds. The van der Waals surface area contributed by atoms with Crippen LogP contribution < -0.4 is 25.7 Å². The van der Waals surface area contributed by atoms with E-state index in [-0.39, 0.29) is 34.2 Å². The molecule has 0 aliphatic carbocycles. The van der Waals surface area contributed by atoms with Crippen molar-refractivity contribution in [2.24, 2.45) is 11.4 Å². The van der Waals surface area contributed by atoms with E-state index in [2.05, 4.69) is 30.9 Å². The van der Waals surface area contributed by atoms with Gasteiger partial charge in [0.15, 0.2) is 5.11 Å². The molecule has 3 aromatic carbocycles. The SMILES string of the molecule is Cc1ccc(S(=O)(=O)/N=c2\o[n-][n+](C)c2CN2C(=S)N(c3ccccc3)C(=O)C2CC(=O)Nc2ccc(Br)cc2)cc1. The number of hydrogen-bond acceptors (Lipinski definition) is 6. The van der Waals surface area contributed by atoms with Gasteiger partial charge in [-0.1, -0.05) is 51.8 Å². The third-order valence-corrected chi connectivity index (χ3v) is 8.79. The summed E-state index contributed by atoms with van der Waals surface area (Å²) < 4.78 is 37.4. The van der Waals surface area contributed by atoms with Crippen LogP contribution in [0, 0.1) is 6.92 Å². The zero-order chi connectivity index (χ0) is 30.0. The summed E-state index contributed by atoms with van der Waals surface area (Å²) >= 11 is 9.10. The second-order valence-corrected chi connectivity index (χ2v) is 12.4. The van der Waals surface area contributed by atoms with Gasteiger partial charge in [-0.2, -0.15) is 8.42 Å². The summed E-state index contributed by atoms with van der Waals surface area (Å²) in [4.78, 5) is 29.7. The first kappa shape index (κ1) is 29.4. The highest BCUT2D eigenvalue weighted by atomic mass is 79.9. The zero-order valence-corrected chi connectivity index (χ0v) is 25.7. The highest BCUT2D eigenvalue weighted by Crippen LogP contribution is 2.28. The number of aryl methyl sites for hydroxylation is 2. The maximum Gasteiger partial charge on any atom is 0.289 e. The lowest BCUT2D eigenvalue weighted by atomic mass is 10.1. The Morgan fingerprint density at radius 3 is 2.43 bits per heavy atom. The Morgan fingerprint density at radius 1 is 1.10 bits per heavy atom. The summed E-state index contributed by atoms with van der Waals surface area (Å²) in [6.45, 7) is 1.74.